The van der Waals surface area contributed by atoms with E-state index in [4.69, 9.17) is 5.11 Å². The summed E-state index contributed by atoms with van der Waals surface area (Å²) in [6, 6.07) is 9.15. The second-order valence-corrected chi connectivity index (χ2v) is 3.19. The summed E-state index contributed by atoms with van der Waals surface area (Å²) in [6.07, 6.45) is 0.269. The molecule has 0 amide bonds. The van der Waals surface area contributed by atoms with E-state index in [0.717, 1.165) is 5.56 Å². The molecule has 74 valence electrons. The maximum atomic E-state index is 11.0. The Hall–Kier alpha value is -1.64. The molecule has 3 heteroatoms. The van der Waals surface area contributed by atoms with Crippen molar-refractivity contribution in [2.45, 2.75) is 13.3 Å². The standard InChI is InChI=1S/C11H12O3/c1-8(12)10(11(13)14)7-9-5-3-2-4-6-9/h2-6,10H,7H2,1H3,(H,13,14)/t10-/m1/s1. The minimum Gasteiger partial charge on any atom is -0.481 e. The molecule has 0 heterocycles. The molecule has 3 nitrogen and oxygen atoms in total. The van der Waals surface area contributed by atoms with Gasteiger partial charge in [0.15, 0.2) is 0 Å². The Balaban J connectivity index is 2.75. The number of carboxylic acids is 1. The summed E-state index contributed by atoms with van der Waals surface area (Å²) in [6.45, 7) is 1.31. The highest BCUT2D eigenvalue weighted by Crippen LogP contribution is 2.09. The number of benzene rings is 1. The van der Waals surface area contributed by atoms with Gasteiger partial charge in [0.25, 0.3) is 0 Å². The summed E-state index contributed by atoms with van der Waals surface area (Å²) in [7, 11) is 0. The minimum absolute atomic E-state index is 0.269. The smallest absolute Gasteiger partial charge is 0.314 e. The second kappa shape index (κ2) is 4.56. The van der Waals surface area contributed by atoms with Gasteiger partial charge in [-0.2, -0.15) is 0 Å². The van der Waals surface area contributed by atoms with Gasteiger partial charge in [0.05, 0.1) is 0 Å². The highest BCUT2D eigenvalue weighted by atomic mass is 16.4. The first kappa shape index (κ1) is 10.4. The summed E-state index contributed by atoms with van der Waals surface area (Å²) in [5, 5.41) is 8.78. The van der Waals surface area contributed by atoms with Gasteiger partial charge in [-0.05, 0) is 18.9 Å². The van der Waals surface area contributed by atoms with Gasteiger partial charge in [-0.25, -0.2) is 0 Å². The van der Waals surface area contributed by atoms with Crippen LogP contribution in [-0.2, 0) is 16.0 Å². The number of hydrogen-bond donors (Lipinski definition) is 1. The van der Waals surface area contributed by atoms with E-state index in [1.807, 2.05) is 30.3 Å². The highest BCUT2D eigenvalue weighted by Gasteiger charge is 2.22. The van der Waals surface area contributed by atoms with E-state index < -0.39 is 11.9 Å². The average molecular weight is 192 g/mol. The van der Waals surface area contributed by atoms with Crippen molar-refractivity contribution in [3.05, 3.63) is 35.9 Å². The molecule has 1 atom stereocenters. The Labute approximate surface area is 82.4 Å². The third-order valence-corrected chi connectivity index (χ3v) is 2.07. The van der Waals surface area contributed by atoms with Gasteiger partial charge >= 0.3 is 5.97 Å². The highest BCUT2D eigenvalue weighted by molar-refractivity contribution is 5.97. The molecular formula is C11H12O3. The fourth-order valence-corrected chi connectivity index (χ4v) is 1.25. The summed E-state index contributed by atoms with van der Waals surface area (Å²) >= 11 is 0. The van der Waals surface area contributed by atoms with Crippen LogP contribution in [0.1, 0.15) is 12.5 Å². The monoisotopic (exact) mass is 192 g/mol. The molecule has 1 aromatic carbocycles. The Morgan fingerprint density at radius 1 is 1.29 bits per heavy atom. The molecule has 0 aliphatic heterocycles. The second-order valence-electron chi connectivity index (χ2n) is 3.19. The van der Waals surface area contributed by atoms with Gasteiger partial charge in [-0.3, -0.25) is 9.59 Å². The fourth-order valence-electron chi connectivity index (χ4n) is 1.25. The molecule has 1 rings (SSSR count). The topological polar surface area (TPSA) is 54.4 Å². The van der Waals surface area contributed by atoms with Gasteiger partial charge in [0.2, 0.25) is 0 Å². The van der Waals surface area contributed by atoms with Crippen LogP contribution in [0.5, 0.6) is 0 Å². The molecule has 0 saturated heterocycles. The van der Waals surface area contributed by atoms with Crippen molar-refractivity contribution in [3.8, 4) is 0 Å². The van der Waals surface area contributed by atoms with Gasteiger partial charge < -0.3 is 5.11 Å². The largest absolute Gasteiger partial charge is 0.481 e. The predicted molar refractivity (Wildman–Crippen MR) is 52.0 cm³/mol. The number of hydrogen-bond acceptors (Lipinski definition) is 2. The lowest BCUT2D eigenvalue weighted by Crippen LogP contribution is -2.23. The lowest BCUT2D eigenvalue weighted by Gasteiger charge is -2.07. The van der Waals surface area contributed by atoms with Crippen LogP contribution in [0.3, 0.4) is 0 Å². The zero-order chi connectivity index (χ0) is 10.6. The van der Waals surface area contributed by atoms with Crippen LogP contribution in [-0.4, -0.2) is 16.9 Å². The molecule has 0 fully saturated rings. The number of rotatable bonds is 4. The molecule has 0 aromatic heterocycles. The predicted octanol–water partition coefficient (Wildman–Crippen LogP) is 1.52. The third-order valence-electron chi connectivity index (χ3n) is 2.07. The van der Waals surface area contributed by atoms with E-state index in [1.165, 1.54) is 6.92 Å². The molecule has 0 aliphatic carbocycles. The van der Waals surface area contributed by atoms with Crippen molar-refractivity contribution in [2.75, 3.05) is 0 Å². The van der Waals surface area contributed by atoms with E-state index in [-0.39, 0.29) is 12.2 Å². The first-order valence-corrected chi connectivity index (χ1v) is 4.38. The van der Waals surface area contributed by atoms with E-state index in [2.05, 4.69) is 0 Å². The molecule has 0 spiro atoms. The van der Waals surface area contributed by atoms with Crippen LogP contribution in [0.2, 0.25) is 0 Å². The van der Waals surface area contributed by atoms with Crippen LogP contribution in [0, 0.1) is 5.92 Å². The molecule has 14 heavy (non-hydrogen) atoms. The number of aliphatic carboxylic acids is 1. The van der Waals surface area contributed by atoms with Crippen molar-refractivity contribution in [1.29, 1.82) is 0 Å². The quantitative estimate of drug-likeness (QED) is 0.736. The Bertz CT molecular complexity index is 316. The molecule has 0 radical (unpaired) electrons. The van der Waals surface area contributed by atoms with E-state index in [9.17, 15) is 9.59 Å². The molecule has 0 aliphatic rings. The zero-order valence-electron chi connectivity index (χ0n) is 7.93. The Morgan fingerprint density at radius 2 is 1.86 bits per heavy atom. The third kappa shape index (κ3) is 2.69. The summed E-state index contributed by atoms with van der Waals surface area (Å²) in [5.41, 5.74) is 0.870. The molecule has 0 saturated carbocycles. The SMILES string of the molecule is CC(=O)[C@@H](Cc1ccccc1)C(=O)O. The van der Waals surface area contributed by atoms with Crippen molar-refractivity contribution in [3.63, 3.8) is 0 Å². The summed E-state index contributed by atoms with van der Waals surface area (Å²) in [4.78, 5) is 21.7. The molecule has 1 N–H and O–H groups in total. The van der Waals surface area contributed by atoms with E-state index in [1.54, 1.807) is 0 Å². The van der Waals surface area contributed by atoms with E-state index in [0.29, 0.717) is 0 Å². The average Bonchev–Trinajstić information content (AvgIpc) is 2.15. The molecule has 1 aromatic rings. The first-order chi connectivity index (χ1) is 6.61. The number of ketones is 1. The van der Waals surface area contributed by atoms with Gasteiger partial charge in [-0.15, -0.1) is 0 Å². The number of carboxylic acid groups (broad SMARTS) is 1. The maximum Gasteiger partial charge on any atom is 0.314 e. The molecule has 0 unspecified atom stereocenters. The zero-order valence-corrected chi connectivity index (χ0v) is 7.93. The lowest BCUT2D eigenvalue weighted by atomic mass is 9.96. The van der Waals surface area contributed by atoms with Crippen molar-refractivity contribution in [1.82, 2.24) is 0 Å². The minimum atomic E-state index is -1.05. The van der Waals surface area contributed by atoms with Crippen LogP contribution in [0.15, 0.2) is 30.3 Å². The Kier molecular flexibility index (Phi) is 3.40. The molecular weight excluding hydrogens is 180 g/mol. The fraction of sp³-hybridized carbons (Fsp3) is 0.273. The molecule has 0 bridgehead atoms. The van der Waals surface area contributed by atoms with Crippen LogP contribution in [0.4, 0.5) is 0 Å². The van der Waals surface area contributed by atoms with Crippen molar-refractivity contribution < 1.29 is 14.7 Å². The van der Waals surface area contributed by atoms with Crippen molar-refractivity contribution >= 4 is 11.8 Å². The number of carbonyl (C=O) groups is 2. The maximum absolute atomic E-state index is 11.0. The van der Waals surface area contributed by atoms with Crippen molar-refractivity contribution in [2.24, 2.45) is 5.92 Å². The number of Topliss-reactive ketones (excluding diaryl/α,β-unsaturated/α-hetero) is 1. The van der Waals surface area contributed by atoms with E-state index >= 15 is 0 Å². The van der Waals surface area contributed by atoms with Gasteiger partial charge in [0, 0.05) is 0 Å². The Morgan fingerprint density at radius 3 is 2.29 bits per heavy atom. The first-order valence-electron chi connectivity index (χ1n) is 4.38. The van der Waals surface area contributed by atoms with Crippen LogP contribution < -0.4 is 0 Å². The summed E-state index contributed by atoms with van der Waals surface area (Å²) in [5.74, 6) is -2.28. The van der Waals surface area contributed by atoms with Crippen LogP contribution in [0.25, 0.3) is 0 Å². The normalized spacial score (nSPS) is 12.1. The van der Waals surface area contributed by atoms with Gasteiger partial charge in [0.1, 0.15) is 11.7 Å². The number of carbonyl (C=O) groups excluding carboxylic acids is 1. The summed E-state index contributed by atoms with van der Waals surface area (Å²) < 4.78 is 0. The van der Waals surface area contributed by atoms with Gasteiger partial charge in [-0.1, -0.05) is 30.3 Å². The van der Waals surface area contributed by atoms with Crippen LogP contribution >= 0.6 is 0 Å². The lowest BCUT2D eigenvalue weighted by molar-refractivity contribution is -0.145.